The third-order valence-electron chi connectivity index (χ3n) is 2.19. The molecule has 2 heterocycles. The zero-order valence-electron chi connectivity index (χ0n) is 9.38. The maximum atomic E-state index is 8.79. The molecular formula is C12H11N5. The molecule has 0 aliphatic heterocycles. The van der Waals surface area contributed by atoms with E-state index < -0.39 is 0 Å². The van der Waals surface area contributed by atoms with E-state index in [4.69, 9.17) is 5.26 Å². The van der Waals surface area contributed by atoms with Gasteiger partial charge >= 0.3 is 0 Å². The average Bonchev–Trinajstić information content (AvgIpc) is 2.40. The van der Waals surface area contributed by atoms with Gasteiger partial charge in [-0.25, -0.2) is 9.97 Å². The molecule has 5 heteroatoms. The number of hydrogen-bond donors (Lipinski definition) is 1. The highest BCUT2D eigenvalue weighted by atomic mass is 15.1. The monoisotopic (exact) mass is 225 g/mol. The van der Waals surface area contributed by atoms with Gasteiger partial charge in [-0.2, -0.15) is 5.26 Å². The van der Waals surface area contributed by atoms with Crippen LogP contribution in [0.25, 0.3) is 11.1 Å². The van der Waals surface area contributed by atoms with E-state index in [1.165, 1.54) is 6.20 Å². The van der Waals surface area contributed by atoms with Crippen molar-refractivity contribution in [3.63, 3.8) is 0 Å². The summed E-state index contributed by atoms with van der Waals surface area (Å²) in [6.45, 7) is 2.77. The van der Waals surface area contributed by atoms with Crippen molar-refractivity contribution in [2.45, 2.75) is 6.92 Å². The summed E-state index contributed by atoms with van der Waals surface area (Å²) in [5.41, 5.74) is 2.21. The first kappa shape index (κ1) is 11.0. The molecule has 2 aromatic rings. The molecule has 0 bridgehead atoms. The van der Waals surface area contributed by atoms with Gasteiger partial charge in [0.15, 0.2) is 0 Å². The fourth-order valence-corrected chi connectivity index (χ4v) is 1.39. The molecule has 2 rings (SSSR count). The molecule has 5 nitrogen and oxygen atoms in total. The van der Waals surface area contributed by atoms with Crippen LogP contribution in [0.3, 0.4) is 0 Å². The molecule has 0 fully saturated rings. The van der Waals surface area contributed by atoms with Gasteiger partial charge in [0, 0.05) is 42.5 Å². The molecule has 1 N–H and O–H groups in total. The summed E-state index contributed by atoms with van der Waals surface area (Å²) < 4.78 is 0. The van der Waals surface area contributed by atoms with Gasteiger partial charge in [-0.05, 0) is 13.0 Å². The molecule has 84 valence electrons. The summed E-state index contributed by atoms with van der Waals surface area (Å²) in [6, 6.07) is 3.82. The average molecular weight is 225 g/mol. The van der Waals surface area contributed by atoms with Crippen LogP contribution in [0, 0.1) is 11.3 Å². The number of hydrogen-bond acceptors (Lipinski definition) is 5. The number of nitrogens with one attached hydrogen (secondary N) is 1. The Labute approximate surface area is 99.2 Å². The largest absolute Gasteiger partial charge is 0.355 e. The molecule has 0 aromatic carbocycles. The quantitative estimate of drug-likeness (QED) is 0.862. The molecule has 0 saturated heterocycles. The van der Waals surface area contributed by atoms with Gasteiger partial charge < -0.3 is 5.32 Å². The van der Waals surface area contributed by atoms with Crippen molar-refractivity contribution in [3.05, 3.63) is 36.4 Å². The van der Waals surface area contributed by atoms with E-state index in [0.717, 1.165) is 17.7 Å². The summed E-state index contributed by atoms with van der Waals surface area (Å²) in [5, 5.41) is 11.8. The predicted octanol–water partition coefficient (Wildman–Crippen LogP) is 1.84. The van der Waals surface area contributed by atoms with Crippen LogP contribution < -0.4 is 5.32 Å². The molecule has 0 aliphatic rings. The summed E-state index contributed by atoms with van der Waals surface area (Å²) in [6.07, 6.45) is 6.64. The third kappa shape index (κ3) is 2.55. The molecule has 0 amide bonds. The maximum absolute atomic E-state index is 8.79. The minimum absolute atomic E-state index is 0.526. The van der Waals surface area contributed by atoms with Crippen LogP contribution in [-0.4, -0.2) is 21.5 Å². The first-order valence-electron chi connectivity index (χ1n) is 5.25. The Hall–Kier alpha value is -2.48. The van der Waals surface area contributed by atoms with Crippen LogP contribution in [0.2, 0.25) is 0 Å². The lowest BCUT2D eigenvalue weighted by molar-refractivity contribution is 1.09. The summed E-state index contributed by atoms with van der Waals surface area (Å²) in [4.78, 5) is 12.3. The topological polar surface area (TPSA) is 74.5 Å². The van der Waals surface area contributed by atoms with E-state index in [1.54, 1.807) is 24.7 Å². The zero-order valence-corrected chi connectivity index (χ0v) is 9.38. The van der Waals surface area contributed by atoms with Crippen LogP contribution in [0.5, 0.6) is 0 Å². The number of pyridine rings is 1. The maximum Gasteiger partial charge on any atom is 0.222 e. The predicted molar refractivity (Wildman–Crippen MR) is 64.1 cm³/mol. The van der Waals surface area contributed by atoms with Crippen LogP contribution in [0.15, 0.2) is 30.9 Å². The van der Waals surface area contributed by atoms with E-state index in [9.17, 15) is 0 Å². The SMILES string of the molecule is CCNc1ncc(-c2cncc(C#N)c2)cn1. The molecule has 2 aromatic heterocycles. The smallest absolute Gasteiger partial charge is 0.222 e. The molecule has 17 heavy (non-hydrogen) atoms. The molecule has 0 atom stereocenters. The Morgan fingerprint density at radius 2 is 1.94 bits per heavy atom. The molecule has 0 unspecified atom stereocenters. The lowest BCUT2D eigenvalue weighted by Crippen LogP contribution is -2.01. The number of nitrogens with zero attached hydrogens (tertiary/aromatic N) is 4. The Kier molecular flexibility index (Phi) is 3.26. The van der Waals surface area contributed by atoms with Gasteiger partial charge in [0.1, 0.15) is 6.07 Å². The number of aromatic nitrogens is 3. The van der Waals surface area contributed by atoms with Crippen LogP contribution in [0.4, 0.5) is 5.95 Å². The Bertz CT molecular complexity index is 542. The normalized spacial score (nSPS) is 9.65. The summed E-state index contributed by atoms with van der Waals surface area (Å²) >= 11 is 0. The molecule has 0 spiro atoms. The lowest BCUT2D eigenvalue weighted by atomic mass is 10.1. The van der Waals surface area contributed by atoms with Crippen molar-refractivity contribution in [2.75, 3.05) is 11.9 Å². The van der Waals surface area contributed by atoms with Gasteiger partial charge in [-0.15, -0.1) is 0 Å². The highest BCUT2D eigenvalue weighted by Gasteiger charge is 2.01. The number of rotatable bonds is 3. The van der Waals surface area contributed by atoms with Crippen molar-refractivity contribution in [3.8, 4) is 17.2 Å². The second kappa shape index (κ2) is 5.03. The van der Waals surface area contributed by atoms with Gasteiger partial charge in [0.05, 0.1) is 5.56 Å². The van der Waals surface area contributed by atoms with Gasteiger partial charge in [0.25, 0.3) is 0 Å². The van der Waals surface area contributed by atoms with Crippen molar-refractivity contribution in [1.29, 1.82) is 5.26 Å². The first-order chi connectivity index (χ1) is 8.33. The highest BCUT2D eigenvalue weighted by molar-refractivity contribution is 5.62. The van der Waals surface area contributed by atoms with Crippen molar-refractivity contribution >= 4 is 5.95 Å². The molecule has 0 saturated carbocycles. The van der Waals surface area contributed by atoms with Crippen molar-refractivity contribution in [1.82, 2.24) is 15.0 Å². The fraction of sp³-hybridized carbons (Fsp3) is 0.167. The van der Waals surface area contributed by atoms with E-state index in [2.05, 4.69) is 26.3 Å². The van der Waals surface area contributed by atoms with Crippen molar-refractivity contribution in [2.24, 2.45) is 0 Å². The second-order valence-corrected chi connectivity index (χ2v) is 3.40. The van der Waals surface area contributed by atoms with Crippen LogP contribution in [-0.2, 0) is 0 Å². The number of nitriles is 1. The molecule has 0 aliphatic carbocycles. The van der Waals surface area contributed by atoms with Crippen LogP contribution in [0.1, 0.15) is 12.5 Å². The van der Waals surface area contributed by atoms with Gasteiger partial charge in [-0.1, -0.05) is 0 Å². The minimum atomic E-state index is 0.526. The zero-order chi connectivity index (χ0) is 12.1. The fourth-order valence-electron chi connectivity index (χ4n) is 1.39. The van der Waals surface area contributed by atoms with Crippen molar-refractivity contribution < 1.29 is 0 Å². The Balaban J connectivity index is 2.30. The third-order valence-corrected chi connectivity index (χ3v) is 2.19. The van der Waals surface area contributed by atoms with E-state index in [-0.39, 0.29) is 0 Å². The minimum Gasteiger partial charge on any atom is -0.355 e. The highest BCUT2D eigenvalue weighted by Crippen LogP contribution is 2.17. The summed E-state index contributed by atoms with van der Waals surface area (Å²) in [5.74, 6) is 0.598. The Morgan fingerprint density at radius 3 is 2.59 bits per heavy atom. The lowest BCUT2D eigenvalue weighted by Gasteiger charge is -2.03. The van der Waals surface area contributed by atoms with Gasteiger partial charge in [0.2, 0.25) is 5.95 Å². The molecule has 0 radical (unpaired) electrons. The van der Waals surface area contributed by atoms with Gasteiger partial charge in [-0.3, -0.25) is 4.98 Å². The summed E-state index contributed by atoms with van der Waals surface area (Å²) in [7, 11) is 0. The number of anilines is 1. The standard InChI is InChI=1S/C12H11N5/c1-2-15-12-16-7-11(8-17-12)10-3-9(4-13)5-14-6-10/h3,5-8H,2H2,1H3,(H,15,16,17). The second-order valence-electron chi connectivity index (χ2n) is 3.40. The van der Waals surface area contributed by atoms with Crippen LogP contribution >= 0.6 is 0 Å². The Morgan fingerprint density at radius 1 is 1.18 bits per heavy atom. The molecular weight excluding hydrogens is 214 g/mol. The van der Waals surface area contributed by atoms with E-state index in [0.29, 0.717) is 11.5 Å². The first-order valence-corrected chi connectivity index (χ1v) is 5.25. The van der Waals surface area contributed by atoms with E-state index in [1.807, 2.05) is 6.92 Å². The van der Waals surface area contributed by atoms with E-state index >= 15 is 0 Å².